The van der Waals surface area contributed by atoms with E-state index in [0.717, 1.165) is 0 Å². The molecule has 1 N–H and O–H groups in total. The molecule has 0 bridgehead atoms. The van der Waals surface area contributed by atoms with Crippen LogP contribution in [-0.2, 0) is 0 Å². The van der Waals surface area contributed by atoms with Crippen LogP contribution >= 0.6 is 0 Å². The first-order valence-electron chi connectivity index (χ1n) is 3.97. The minimum atomic E-state index is 0.188. The van der Waals surface area contributed by atoms with E-state index in [1.807, 2.05) is 24.3 Å². The molecule has 0 amide bonds. The molecule has 0 aliphatic carbocycles. The maximum Gasteiger partial charge on any atom is 0.0465 e. The number of hydrogen-bond donors (Lipinski definition) is 1. The minimum absolute atomic E-state index is 0.188. The van der Waals surface area contributed by atoms with Gasteiger partial charge in [0, 0.05) is 6.61 Å². The highest BCUT2D eigenvalue weighted by molar-refractivity contribution is 5.29. The molecule has 1 heteroatoms. The third-order valence-electron chi connectivity index (χ3n) is 1.09. The molecule has 1 nitrogen and oxygen atoms in total. The third-order valence-corrected chi connectivity index (χ3v) is 1.09. The summed E-state index contributed by atoms with van der Waals surface area (Å²) < 4.78 is 0. The molecule has 0 aromatic heterocycles. The van der Waals surface area contributed by atoms with Gasteiger partial charge in [-0.2, -0.15) is 0 Å². The first kappa shape index (κ1) is 11.3. The number of allylic oxidation sites excluding steroid dienone is 5. The maximum absolute atomic E-state index is 8.44. The molecule has 13 heavy (non-hydrogen) atoms. The van der Waals surface area contributed by atoms with Crippen molar-refractivity contribution in [2.45, 2.75) is 6.42 Å². The molecular formula is C12H12O. The van der Waals surface area contributed by atoms with Crippen molar-refractivity contribution in [2.75, 3.05) is 6.61 Å². The zero-order valence-corrected chi connectivity index (χ0v) is 7.40. The molecule has 0 aromatic rings. The van der Waals surface area contributed by atoms with Gasteiger partial charge in [-0.05, 0) is 24.3 Å². The van der Waals surface area contributed by atoms with Crippen LogP contribution in [0.25, 0.3) is 0 Å². The lowest BCUT2D eigenvalue weighted by atomic mass is 10.3. The maximum atomic E-state index is 8.44. The van der Waals surface area contributed by atoms with Crippen LogP contribution in [0.1, 0.15) is 6.42 Å². The first-order chi connectivity index (χ1) is 6.41. The van der Waals surface area contributed by atoms with Gasteiger partial charge < -0.3 is 5.11 Å². The van der Waals surface area contributed by atoms with Gasteiger partial charge in [0.2, 0.25) is 0 Å². The summed E-state index contributed by atoms with van der Waals surface area (Å²) in [5.74, 6) is 7.33. The Bertz CT molecular complexity index is 289. The highest BCUT2D eigenvalue weighted by atomic mass is 16.2. The number of aliphatic hydroxyl groups excluding tert-OH is 1. The third kappa shape index (κ3) is 10.3. The smallest absolute Gasteiger partial charge is 0.0465 e. The molecule has 0 fully saturated rings. The van der Waals surface area contributed by atoms with Crippen LogP contribution in [0.2, 0.25) is 0 Å². The van der Waals surface area contributed by atoms with E-state index in [-0.39, 0.29) is 6.61 Å². The van der Waals surface area contributed by atoms with Crippen LogP contribution in [-0.4, -0.2) is 11.7 Å². The second kappa shape index (κ2) is 10.3. The molecular weight excluding hydrogens is 160 g/mol. The normalized spacial score (nSPS) is 10.5. The van der Waals surface area contributed by atoms with Gasteiger partial charge in [-0.3, -0.25) is 0 Å². The van der Waals surface area contributed by atoms with Crippen LogP contribution in [0.3, 0.4) is 0 Å². The monoisotopic (exact) mass is 172 g/mol. The summed E-state index contributed by atoms with van der Waals surface area (Å²) in [7, 11) is 0. The average Bonchev–Trinajstić information content (AvgIpc) is 2.16. The number of hydrogen-bond acceptors (Lipinski definition) is 1. The van der Waals surface area contributed by atoms with Gasteiger partial charge in [0.15, 0.2) is 0 Å². The van der Waals surface area contributed by atoms with Gasteiger partial charge >= 0.3 is 0 Å². The fraction of sp³-hybridized carbons (Fsp3) is 0.167. The van der Waals surface area contributed by atoms with E-state index in [0.29, 0.717) is 6.42 Å². The standard InChI is InChI=1S/C12H12O/c1-2-3-4-5-6-7-8-9-10-11-12-13/h1,5-10,13H,11-12H2. The number of terminal acetylenes is 1. The van der Waals surface area contributed by atoms with Crippen molar-refractivity contribution in [1.82, 2.24) is 0 Å². The Morgan fingerprint density at radius 3 is 2.62 bits per heavy atom. The van der Waals surface area contributed by atoms with Gasteiger partial charge in [-0.25, -0.2) is 0 Å². The van der Waals surface area contributed by atoms with Crippen molar-refractivity contribution in [2.24, 2.45) is 0 Å². The van der Waals surface area contributed by atoms with Crippen molar-refractivity contribution in [3.8, 4) is 24.2 Å². The molecule has 0 heterocycles. The topological polar surface area (TPSA) is 20.2 Å². The summed E-state index contributed by atoms with van der Waals surface area (Å²) in [6.45, 7) is 0.188. The molecule has 0 aliphatic rings. The van der Waals surface area contributed by atoms with Gasteiger partial charge in [-0.15, -0.1) is 6.42 Å². The molecule has 0 aliphatic heterocycles. The molecule has 0 unspecified atom stereocenters. The quantitative estimate of drug-likeness (QED) is 0.505. The Morgan fingerprint density at radius 2 is 1.92 bits per heavy atom. The predicted molar refractivity (Wildman–Crippen MR) is 55.7 cm³/mol. The molecule has 0 radical (unpaired) electrons. The Morgan fingerprint density at radius 1 is 1.15 bits per heavy atom. The lowest BCUT2D eigenvalue weighted by Gasteiger charge is -1.79. The SMILES string of the molecule is C#CC#CC=CC=CC=CCCO. The van der Waals surface area contributed by atoms with Crippen molar-refractivity contribution in [1.29, 1.82) is 0 Å². The second-order valence-electron chi connectivity index (χ2n) is 2.10. The van der Waals surface area contributed by atoms with E-state index >= 15 is 0 Å². The molecule has 66 valence electrons. The van der Waals surface area contributed by atoms with Crippen LogP contribution in [0, 0.1) is 24.2 Å². The highest BCUT2D eigenvalue weighted by Gasteiger charge is 1.69. The molecule has 0 saturated heterocycles. The van der Waals surface area contributed by atoms with E-state index in [1.165, 1.54) is 0 Å². The number of aliphatic hydroxyl groups is 1. The first-order valence-corrected chi connectivity index (χ1v) is 3.97. The Hall–Kier alpha value is -1.70. The Kier molecular flexibility index (Phi) is 8.95. The Balaban J connectivity index is 3.64. The van der Waals surface area contributed by atoms with E-state index in [4.69, 9.17) is 11.5 Å². The van der Waals surface area contributed by atoms with Gasteiger partial charge in [0.1, 0.15) is 0 Å². The second-order valence-corrected chi connectivity index (χ2v) is 2.10. The van der Waals surface area contributed by atoms with Crippen LogP contribution < -0.4 is 0 Å². The van der Waals surface area contributed by atoms with Gasteiger partial charge in [0.05, 0.1) is 0 Å². The Labute approximate surface area is 79.5 Å². The predicted octanol–water partition coefficient (Wildman–Crippen LogP) is 1.67. The lowest BCUT2D eigenvalue weighted by molar-refractivity contribution is 0.302. The largest absolute Gasteiger partial charge is 0.396 e. The summed E-state index contributed by atoms with van der Waals surface area (Å²) in [5, 5.41) is 8.44. The summed E-state index contributed by atoms with van der Waals surface area (Å²) in [4.78, 5) is 0. The molecule has 0 rings (SSSR count). The van der Waals surface area contributed by atoms with E-state index in [9.17, 15) is 0 Å². The average molecular weight is 172 g/mol. The summed E-state index contributed by atoms with van der Waals surface area (Å²) in [6, 6.07) is 0. The fourth-order valence-electron chi connectivity index (χ4n) is 0.565. The zero-order valence-electron chi connectivity index (χ0n) is 7.40. The lowest BCUT2D eigenvalue weighted by Crippen LogP contribution is -1.73. The molecule has 0 saturated carbocycles. The van der Waals surface area contributed by atoms with Crippen molar-refractivity contribution < 1.29 is 5.11 Å². The van der Waals surface area contributed by atoms with Gasteiger partial charge in [0.25, 0.3) is 0 Å². The van der Waals surface area contributed by atoms with E-state index in [2.05, 4.69) is 17.8 Å². The zero-order chi connectivity index (χ0) is 9.78. The van der Waals surface area contributed by atoms with E-state index in [1.54, 1.807) is 12.2 Å². The molecule has 0 aromatic carbocycles. The number of rotatable bonds is 4. The minimum Gasteiger partial charge on any atom is -0.396 e. The van der Waals surface area contributed by atoms with E-state index < -0.39 is 0 Å². The molecule has 0 spiro atoms. The van der Waals surface area contributed by atoms with Crippen LogP contribution in [0.4, 0.5) is 0 Å². The fourth-order valence-corrected chi connectivity index (χ4v) is 0.565. The summed E-state index contributed by atoms with van der Waals surface area (Å²) in [6.07, 6.45) is 16.5. The van der Waals surface area contributed by atoms with Crippen molar-refractivity contribution in [3.05, 3.63) is 36.5 Å². The highest BCUT2D eigenvalue weighted by Crippen LogP contribution is 1.83. The molecule has 0 atom stereocenters. The van der Waals surface area contributed by atoms with Crippen LogP contribution in [0.15, 0.2) is 36.5 Å². The van der Waals surface area contributed by atoms with Crippen LogP contribution in [0.5, 0.6) is 0 Å². The summed E-state index contributed by atoms with van der Waals surface area (Å²) >= 11 is 0. The summed E-state index contributed by atoms with van der Waals surface area (Å²) in [5.41, 5.74) is 0. The van der Waals surface area contributed by atoms with Gasteiger partial charge in [-0.1, -0.05) is 36.3 Å². The van der Waals surface area contributed by atoms with Crippen molar-refractivity contribution in [3.63, 3.8) is 0 Å². The van der Waals surface area contributed by atoms with Crippen molar-refractivity contribution >= 4 is 0 Å².